The van der Waals surface area contributed by atoms with E-state index in [-0.39, 0.29) is 24.2 Å². The Balaban J connectivity index is 2.45. The lowest BCUT2D eigenvalue weighted by Gasteiger charge is -2.49. The minimum absolute atomic E-state index is 0.00583. The number of allylic oxidation sites excluding steroid dienone is 2. The second kappa shape index (κ2) is 4.63. The van der Waals surface area contributed by atoms with E-state index < -0.39 is 11.5 Å². The minimum Gasteiger partial charge on any atom is -0.395 e. The number of aliphatic hydroxyl groups is 2. The first-order chi connectivity index (χ1) is 8.42. The van der Waals surface area contributed by atoms with E-state index in [1.54, 1.807) is 6.08 Å². The summed E-state index contributed by atoms with van der Waals surface area (Å²) in [5, 5.41) is 19.9. The molecule has 0 spiro atoms. The molecule has 1 saturated carbocycles. The molecule has 0 bridgehead atoms. The van der Waals surface area contributed by atoms with Crippen molar-refractivity contribution in [2.75, 3.05) is 6.61 Å². The second-order valence-corrected chi connectivity index (χ2v) is 5.88. The zero-order valence-electron chi connectivity index (χ0n) is 11.1. The summed E-state index contributed by atoms with van der Waals surface area (Å²) in [6.07, 6.45) is 3.28. The van der Waals surface area contributed by atoms with Gasteiger partial charge in [0.2, 0.25) is 0 Å². The molecule has 3 nitrogen and oxygen atoms in total. The van der Waals surface area contributed by atoms with Crippen LogP contribution in [0.5, 0.6) is 0 Å². The van der Waals surface area contributed by atoms with E-state index in [4.69, 9.17) is 0 Å². The Kier molecular flexibility index (Phi) is 3.47. The van der Waals surface area contributed by atoms with Crippen molar-refractivity contribution in [1.29, 1.82) is 0 Å². The molecule has 2 aliphatic rings. The van der Waals surface area contributed by atoms with Gasteiger partial charge in [0.15, 0.2) is 5.78 Å². The quantitative estimate of drug-likeness (QED) is 0.735. The van der Waals surface area contributed by atoms with Gasteiger partial charge < -0.3 is 10.2 Å². The van der Waals surface area contributed by atoms with Gasteiger partial charge in [-0.05, 0) is 38.2 Å². The molecule has 0 radical (unpaired) electrons. The number of carbonyl (C=O) groups excluding carboxylic acids is 1. The lowest BCUT2D eigenvalue weighted by atomic mass is 9.56. The van der Waals surface area contributed by atoms with Crippen molar-refractivity contribution in [1.82, 2.24) is 0 Å². The Morgan fingerprint density at radius 3 is 2.83 bits per heavy atom. The van der Waals surface area contributed by atoms with Gasteiger partial charge in [0.05, 0.1) is 12.7 Å². The van der Waals surface area contributed by atoms with E-state index in [1.165, 1.54) is 0 Å². The van der Waals surface area contributed by atoms with Gasteiger partial charge in [0, 0.05) is 11.3 Å². The molecule has 0 aliphatic heterocycles. The third kappa shape index (κ3) is 1.86. The summed E-state index contributed by atoms with van der Waals surface area (Å²) in [6, 6.07) is 0. The fourth-order valence-corrected chi connectivity index (χ4v) is 3.46. The maximum atomic E-state index is 12.1. The SMILES string of the molecule is C=C(C)[C@@H]1C[C@]2(CO)C(=CC1=O)CC[C@@H](O)[C@@H]2C. The van der Waals surface area contributed by atoms with Crippen LogP contribution in [0.4, 0.5) is 0 Å². The molecule has 0 amide bonds. The normalized spacial score (nSPS) is 40.1. The maximum absolute atomic E-state index is 12.1. The molecule has 0 aromatic rings. The summed E-state index contributed by atoms with van der Waals surface area (Å²) < 4.78 is 0. The van der Waals surface area contributed by atoms with Crippen LogP contribution in [0.3, 0.4) is 0 Å². The van der Waals surface area contributed by atoms with Crippen molar-refractivity contribution in [3.8, 4) is 0 Å². The standard InChI is InChI=1S/C15H22O3/c1-9(2)12-7-15(8-16)10(3)13(17)5-4-11(15)6-14(12)18/h6,10,12-13,16-17H,1,4-5,7-8H2,2-3H3/t10-,12-,13+,15+/m0/s1. The molecule has 0 saturated heterocycles. The number of aliphatic hydroxyl groups excluding tert-OH is 2. The Hall–Kier alpha value is -0.930. The summed E-state index contributed by atoms with van der Waals surface area (Å²) in [5.41, 5.74) is 1.43. The number of ketones is 1. The average molecular weight is 250 g/mol. The van der Waals surface area contributed by atoms with Gasteiger partial charge in [-0.3, -0.25) is 4.79 Å². The summed E-state index contributed by atoms with van der Waals surface area (Å²) in [7, 11) is 0. The molecule has 18 heavy (non-hydrogen) atoms. The molecular formula is C15H22O3. The van der Waals surface area contributed by atoms with Crippen LogP contribution in [0, 0.1) is 17.3 Å². The number of rotatable bonds is 2. The van der Waals surface area contributed by atoms with E-state index in [0.717, 1.165) is 11.1 Å². The first-order valence-corrected chi connectivity index (χ1v) is 6.61. The smallest absolute Gasteiger partial charge is 0.162 e. The number of fused-ring (bicyclic) bond motifs is 1. The largest absolute Gasteiger partial charge is 0.395 e. The van der Waals surface area contributed by atoms with Crippen molar-refractivity contribution in [2.24, 2.45) is 17.3 Å². The Morgan fingerprint density at radius 2 is 2.28 bits per heavy atom. The predicted molar refractivity (Wildman–Crippen MR) is 69.9 cm³/mol. The summed E-state index contributed by atoms with van der Waals surface area (Å²) in [4.78, 5) is 12.1. The zero-order valence-corrected chi connectivity index (χ0v) is 11.1. The van der Waals surface area contributed by atoms with Crippen molar-refractivity contribution < 1.29 is 15.0 Å². The highest BCUT2D eigenvalue weighted by Crippen LogP contribution is 2.52. The van der Waals surface area contributed by atoms with Crippen LogP contribution in [0.1, 0.15) is 33.1 Å². The van der Waals surface area contributed by atoms with Crippen LogP contribution in [0.25, 0.3) is 0 Å². The number of hydrogen-bond donors (Lipinski definition) is 2. The summed E-state index contributed by atoms with van der Waals surface area (Å²) in [5.74, 6) is -0.128. The highest BCUT2D eigenvalue weighted by atomic mass is 16.3. The maximum Gasteiger partial charge on any atom is 0.162 e. The minimum atomic E-state index is -0.435. The van der Waals surface area contributed by atoms with Gasteiger partial charge in [0.25, 0.3) is 0 Å². The van der Waals surface area contributed by atoms with E-state index in [0.29, 0.717) is 19.3 Å². The molecule has 1 fully saturated rings. The Labute approximate surface area is 108 Å². The molecule has 100 valence electrons. The second-order valence-electron chi connectivity index (χ2n) is 5.88. The molecule has 2 N–H and O–H groups in total. The first-order valence-electron chi connectivity index (χ1n) is 6.61. The van der Waals surface area contributed by atoms with Gasteiger partial charge in [-0.1, -0.05) is 24.6 Å². The fraction of sp³-hybridized carbons (Fsp3) is 0.667. The average Bonchev–Trinajstić information content (AvgIpc) is 2.34. The molecule has 0 aromatic carbocycles. The van der Waals surface area contributed by atoms with E-state index in [1.807, 2.05) is 13.8 Å². The zero-order chi connectivity index (χ0) is 13.5. The molecule has 0 unspecified atom stereocenters. The van der Waals surface area contributed by atoms with Gasteiger partial charge in [0.1, 0.15) is 0 Å². The van der Waals surface area contributed by atoms with E-state index >= 15 is 0 Å². The van der Waals surface area contributed by atoms with Gasteiger partial charge in [-0.2, -0.15) is 0 Å². The molecule has 3 heteroatoms. The highest BCUT2D eigenvalue weighted by molar-refractivity contribution is 5.95. The number of carbonyl (C=O) groups is 1. The van der Waals surface area contributed by atoms with Crippen LogP contribution in [0.2, 0.25) is 0 Å². The van der Waals surface area contributed by atoms with E-state index in [9.17, 15) is 15.0 Å². The van der Waals surface area contributed by atoms with Crippen molar-refractivity contribution in [3.63, 3.8) is 0 Å². The van der Waals surface area contributed by atoms with Crippen LogP contribution in [-0.2, 0) is 4.79 Å². The predicted octanol–water partition coefficient (Wildman–Crippen LogP) is 1.85. The van der Waals surface area contributed by atoms with Gasteiger partial charge in [-0.25, -0.2) is 0 Å². The molecule has 4 atom stereocenters. The first kappa shape index (κ1) is 13.5. The molecule has 2 aliphatic carbocycles. The van der Waals surface area contributed by atoms with Gasteiger partial charge in [-0.15, -0.1) is 0 Å². The third-order valence-corrected chi connectivity index (χ3v) is 4.90. The monoisotopic (exact) mass is 250 g/mol. The van der Waals surface area contributed by atoms with Crippen molar-refractivity contribution in [3.05, 3.63) is 23.8 Å². The molecule has 0 aromatic heterocycles. The highest BCUT2D eigenvalue weighted by Gasteiger charge is 2.49. The van der Waals surface area contributed by atoms with E-state index in [2.05, 4.69) is 6.58 Å². The van der Waals surface area contributed by atoms with Crippen LogP contribution >= 0.6 is 0 Å². The van der Waals surface area contributed by atoms with Crippen molar-refractivity contribution in [2.45, 2.75) is 39.2 Å². The third-order valence-electron chi connectivity index (χ3n) is 4.90. The Morgan fingerprint density at radius 1 is 1.61 bits per heavy atom. The topological polar surface area (TPSA) is 57.5 Å². The number of hydrogen-bond acceptors (Lipinski definition) is 3. The van der Waals surface area contributed by atoms with Crippen LogP contribution in [0.15, 0.2) is 23.8 Å². The fourth-order valence-electron chi connectivity index (χ4n) is 3.46. The molecule has 2 rings (SSSR count). The van der Waals surface area contributed by atoms with Crippen LogP contribution in [-0.4, -0.2) is 28.7 Å². The molecule has 0 heterocycles. The molecular weight excluding hydrogens is 228 g/mol. The Bertz CT molecular complexity index is 410. The van der Waals surface area contributed by atoms with Gasteiger partial charge >= 0.3 is 0 Å². The lowest BCUT2D eigenvalue weighted by Crippen LogP contribution is -2.49. The summed E-state index contributed by atoms with van der Waals surface area (Å²) in [6.45, 7) is 7.71. The van der Waals surface area contributed by atoms with Crippen LogP contribution < -0.4 is 0 Å². The summed E-state index contributed by atoms with van der Waals surface area (Å²) >= 11 is 0. The van der Waals surface area contributed by atoms with Crippen molar-refractivity contribution >= 4 is 5.78 Å². The lowest BCUT2D eigenvalue weighted by molar-refractivity contribution is -0.121.